The number of nitrogens with zero attached hydrogens (tertiary/aromatic N) is 5. The zero-order valence-electron chi connectivity index (χ0n) is 59.1. The highest BCUT2D eigenvalue weighted by Gasteiger charge is 2.43. The number of unbranched alkanes of at least 4 members (excludes halogenated alkanes) is 2. The third kappa shape index (κ3) is 23.3. The molecule has 10 amide bonds. The number of carboxylic acid groups (broad SMARTS) is 4. The molecule has 9 atom stereocenters. The highest BCUT2D eigenvalue weighted by molar-refractivity contribution is 7.98. The highest BCUT2D eigenvalue weighted by Crippen LogP contribution is 2.43. The molecule has 0 bridgehead atoms. The first-order chi connectivity index (χ1) is 50.9. The number of thioether (sulfide) groups is 1. The van der Waals surface area contributed by atoms with E-state index in [1.54, 1.807) is 23.9 Å². The van der Waals surface area contributed by atoms with Crippen molar-refractivity contribution in [2.45, 2.75) is 177 Å². The Bertz CT molecular complexity index is 4080. The number of hydrogen-bond acceptors (Lipinski definition) is 21. The number of primary amides is 1. The van der Waals surface area contributed by atoms with E-state index < -0.39 is 177 Å². The van der Waals surface area contributed by atoms with Gasteiger partial charge in [0.15, 0.2) is 10.5 Å². The summed E-state index contributed by atoms with van der Waals surface area (Å²) in [7, 11) is 0. The second-order valence-electron chi connectivity index (χ2n) is 26.1. The molecule has 0 radical (unpaired) electrons. The third-order valence-electron chi connectivity index (χ3n) is 18.2. The number of amides is 10. The van der Waals surface area contributed by atoms with E-state index in [0.29, 0.717) is 60.1 Å². The zero-order chi connectivity index (χ0) is 78.3. The fraction of sp³-hybridized carbons (Fsp3) is 0.500. The number of thiocarbonyl (C=S) groups is 1. The summed E-state index contributed by atoms with van der Waals surface area (Å²) in [5.41, 5.74) is 6.69. The van der Waals surface area contributed by atoms with Crippen molar-refractivity contribution in [3.05, 3.63) is 70.4 Å². The number of carbonyl (C=O) groups is 14. The van der Waals surface area contributed by atoms with Crippen LogP contribution in [0.1, 0.15) is 133 Å². The van der Waals surface area contributed by atoms with E-state index in [1.807, 2.05) is 6.26 Å². The Morgan fingerprint density at radius 2 is 1.26 bits per heavy atom. The molecule has 0 spiro atoms. The molecule has 0 unspecified atom stereocenters. The number of benzene rings is 3. The molecule has 4 heterocycles. The van der Waals surface area contributed by atoms with Crippen LogP contribution in [-0.2, 0) is 62.3 Å². The second kappa shape index (κ2) is 39.5. The Morgan fingerprint density at radius 1 is 0.673 bits per heavy atom. The molecule has 107 heavy (non-hydrogen) atoms. The number of hydrazone groups is 1. The number of carbonyl (C=O) groups excluding carboxylic acids is 10. The Morgan fingerprint density at radius 3 is 1.87 bits per heavy atom. The quantitative estimate of drug-likeness (QED) is 0.00987. The van der Waals surface area contributed by atoms with E-state index in [9.17, 15) is 97.5 Å². The van der Waals surface area contributed by atoms with Crippen LogP contribution in [0.3, 0.4) is 0 Å². The highest BCUT2D eigenvalue weighted by atomic mass is 32.2. The number of rotatable bonds is 38. The first-order valence-corrected chi connectivity index (χ1v) is 36.7. The van der Waals surface area contributed by atoms with Crippen LogP contribution in [0.25, 0.3) is 33.4 Å². The van der Waals surface area contributed by atoms with Crippen molar-refractivity contribution < 1.29 is 102 Å². The largest absolute Gasteiger partial charge is 0.508 e. The number of anilines is 1. The molecule has 4 aliphatic heterocycles. The smallest absolute Gasteiger partial charge is 0.336 e. The Kier molecular flexibility index (Phi) is 30.8. The number of phenols is 1. The topological polar surface area (TPSA) is 526 Å². The number of carboxylic acids is 4. The number of aromatic hydroxyl groups is 1. The second-order valence-corrected chi connectivity index (χ2v) is 27.5. The SMILES string of the molecule is CSCCC/C=N/N(CC(=O)N1CCC[C@@H]1C(=O)N[C@H](CCC(=O)O)C(=O)N[C@H](CCC(=O)O)C(N)=O)C(=O)[C@@H](C)NC(=O)[C@H](NC(=O)[C@H]1CCCN1C(=O)[C@@H](CCC(=O)O)NC(=O)[C@H]1CCCN1C(=O)CCCCNC(=S)Nc1ccc(C(=O)O)c(-c2c3ccc(=O)cc-3oc3cc(O)ccc23)c1)[C@H](C)O. The van der Waals surface area contributed by atoms with Gasteiger partial charge in [-0.05, 0) is 170 Å². The monoisotopic (exact) mass is 1530 g/mol. The van der Waals surface area contributed by atoms with Gasteiger partial charge >= 0.3 is 23.9 Å². The lowest BCUT2D eigenvalue weighted by Gasteiger charge is -2.32. The van der Waals surface area contributed by atoms with E-state index in [4.69, 9.17) is 27.5 Å². The van der Waals surface area contributed by atoms with E-state index in [-0.39, 0.29) is 109 Å². The summed E-state index contributed by atoms with van der Waals surface area (Å²) >= 11 is 7.12. The van der Waals surface area contributed by atoms with Gasteiger partial charge in [0.2, 0.25) is 53.2 Å². The number of aromatic carboxylic acids is 1. The number of nitrogens with one attached hydrogen (secondary N) is 7. The van der Waals surface area contributed by atoms with Gasteiger partial charge in [-0.2, -0.15) is 16.9 Å². The fourth-order valence-electron chi connectivity index (χ4n) is 12.8. The van der Waals surface area contributed by atoms with Gasteiger partial charge in [0.1, 0.15) is 72.0 Å². The molecule has 0 aromatic heterocycles. The van der Waals surface area contributed by atoms with Crippen molar-refractivity contribution in [3.8, 4) is 28.2 Å². The number of phenolic OH excluding ortho intramolecular Hbond substituents is 1. The van der Waals surface area contributed by atoms with Crippen LogP contribution in [0.2, 0.25) is 0 Å². The van der Waals surface area contributed by atoms with Crippen LogP contribution in [0.15, 0.2) is 68.9 Å². The number of aliphatic hydroxyl groups is 1. The molecule has 578 valence electrons. The molecular formula is C70H89N13O22S2. The number of aliphatic carboxylic acids is 3. The number of aliphatic hydroxyl groups excluding tert-OH is 1. The van der Waals surface area contributed by atoms with E-state index >= 15 is 0 Å². The summed E-state index contributed by atoms with van der Waals surface area (Å²) in [6, 6.07) is 1.46. The maximum absolute atomic E-state index is 14.5. The maximum Gasteiger partial charge on any atom is 0.336 e. The number of hydrogen-bond donors (Lipinski definition) is 14. The standard InChI is InChI=1S/C70H89N13O22S2/c1-37(67(101)83(73-28-6-7-32-107-3)36-55(88)81-30-9-12-50(81)63(97)77-47(22-25-57(91)92)62(96)76-46(61(71)95)21-24-56(89)90)74-66(100)60(38(2)84)79-65(99)51-13-10-31-82(51)68(102)48(23-26-58(93)94)78-64(98)49-11-8-29-80(49)54(87)14-4-5-27-72-70(106)75-39-15-18-42(69(103)104)45(33-39)59-43-19-16-40(85)34-52(43)105-53-35-41(86)17-20-44(53)59/h15-20,28,33-35,37-38,46-51,60,84-85H,4-14,21-27,29-32,36H2,1-3H3,(H2,71,95)(H,74,100)(H,76,96)(H,77,97)(H,78,98)(H,79,99)(H,89,90)(H,91,92)(H,93,94)(H,103,104)(H2,72,75,106)/b73-28+/t37-,38+,46-,47-,48-,49-,50-,51-,60-/m1/s1. The summed E-state index contributed by atoms with van der Waals surface area (Å²) in [5.74, 6) is -13.2. The molecule has 37 heteroatoms. The lowest BCUT2D eigenvalue weighted by molar-refractivity contribution is -0.146. The molecule has 35 nitrogen and oxygen atoms in total. The van der Waals surface area contributed by atoms with Gasteiger partial charge in [0.25, 0.3) is 5.91 Å². The van der Waals surface area contributed by atoms with Crippen LogP contribution in [0.4, 0.5) is 5.69 Å². The summed E-state index contributed by atoms with van der Waals surface area (Å²) in [6.07, 6.45) is 1.42. The van der Waals surface area contributed by atoms with Gasteiger partial charge < -0.3 is 92.7 Å². The lowest BCUT2D eigenvalue weighted by Crippen LogP contribution is -2.60. The van der Waals surface area contributed by atoms with E-state index in [2.05, 4.69) is 42.3 Å². The van der Waals surface area contributed by atoms with Crippen molar-refractivity contribution >= 4 is 135 Å². The third-order valence-corrected chi connectivity index (χ3v) is 19.2. The number of nitrogens with two attached hydrogens (primary N) is 1. The first-order valence-electron chi connectivity index (χ1n) is 34.9. The van der Waals surface area contributed by atoms with Crippen LogP contribution in [-0.4, -0.2) is 244 Å². The predicted molar refractivity (Wildman–Crippen MR) is 390 cm³/mol. The Labute approximate surface area is 622 Å². The van der Waals surface area contributed by atoms with Crippen LogP contribution < -0.4 is 48.4 Å². The van der Waals surface area contributed by atoms with Crippen molar-refractivity contribution in [2.24, 2.45) is 10.8 Å². The molecule has 15 N–H and O–H groups in total. The van der Waals surface area contributed by atoms with Crippen molar-refractivity contribution in [1.82, 2.24) is 51.6 Å². The molecule has 3 fully saturated rings. The minimum atomic E-state index is -1.78. The minimum Gasteiger partial charge on any atom is -0.508 e. The van der Waals surface area contributed by atoms with Crippen LogP contribution in [0.5, 0.6) is 5.75 Å². The van der Waals surface area contributed by atoms with E-state index in [1.165, 1.54) is 67.4 Å². The maximum atomic E-state index is 14.5. The predicted octanol–water partition coefficient (Wildman–Crippen LogP) is 1.26. The minimum absolute atomic E-state index is 0.00514. The van der Waals surface area contributed by atoms with Crippen molar-refractivity contribution in [2.75, 3.05) is 50.0 Å². The van der Waals surface area contributed by atoms with E-state index in [0.717, 1.165) is 14.8 Å². The average molecular weight is 1530 g/mol. The Hall–Kier alpha value is -10.8. The fourth-order valence-corrected chi connectivity index (χ4v) is 13.5. The molecule has 3 saturated heterocycles. The zero-order valence-corrected chi connectivity index (χ0v) is 60.7. The molecular weight excluding hydrogens is 1440 g/mol. The summed E-state index contributed by atoms with van der Waals surface area (Å²) in [5, 5.41) is 83.6. The normalized spacial score (nSPS) is 17.2. The van der Waals surface area contributed by atoms with Crippen LogP contribution >= 0.6 is 24.0 Å². The van der Waals surface area contributed by atoms with Crippen molar-refractivity contribution in [1.29, 1.82) is 0 Å². The van der Waals surface area contributed by atoms with Gasteiger partial charge in [-0.25, -0.2) is 9.80 Å². The number of fused-ring (bicyclic) bond motifs is 2. The summed E-state index contributed by atoms with van der Waals surface area (Å²) in [6.45, 7) is 2.03. The summed E-state index contributed by atoms with van der Waals surface area (Å²) in [4.78, 5) is 202. The van der Waals surface area contributed by atoms with Gasteiger partial charge in [-0.1, -0.05) is 0 Å². The molecule has 0 saturated carbocycles. The molecule has 5 aliphatic rings. The van der Waals surface area contributed by atoms with Gasteiger partial charge in [-0.3, -0.25) is 67.1 Å². The number of likely N-dealkylation sites (tertiary alicyclic amines) is 3. The van der Waals surface area contributed by atoms with Gasteiger partial charge in [-0.15, -0.1) is 0 Å². The molecule has 1 aliphatic carbocycles. The first kappa shape index (κ1) is 83.5. The van der Waals surface area contributed by atoms with Gasteiger partial charge in [0, 0.05) is 92.4 Å². The average Bonchev–Trinajstić information content (AvgIpc) is 1.40. The molecule has 2 aromatic rings. The molecule has 7 rings (SSSR count). The summed E-state index contributed by atoms with van der Waals surface area (Å²) < 4.78 is 5.94. The van der Waals surface area contributed by atoms with Crippen LogP contribution in [0, 0.1) is 0 Å². The molecule has 2 aromatic carbocycles. The lowest BCUT2D eigenvalue weighted by atomic mass is 9.90. The van der Waals surface area contributed by atoms with Crippen molar-refractivity contribution in [3.63, 3.8) is 0 Å². The Balaban J connectivity index is 0.934. The van der Waals surface area contributed by atoms with Gasteiger partial charge in [0.05, 0.1) is 11.7 Å².